The van der Waals surface area contributed by atoms with Crippen molar-refractivity contribution >= 4 is 29.3 Å². The summed E-state index contributed by atoms with van der Waals surface area (Å²) in [4.78, 5) is 47.1. The predicted molar refractivity (Wildman–Crippen MR) is 93.8 cm³/mol. The van der Waals surface area contributed by atoms with Crippen molar-refractivity contribution in [3.8, 4) is 11.1 Å². The number of rotatable bonds is 5. The number of carbonyl (C=O) groups excluding carboxylic acids is 3. The average Bonchev–Trinajstić information content (AvgIpc) is 2.88. The van der Waals surface area contributed by atoms with Gasteiger partial charge < -0.3 is 15.7 Å². The molecule has 0 saturated carbocycles. The number of hydrogen-bond donors (Lipinski definition) is 3. The van der Waals surface area contributed by atoms with E-state index >= 15 is 0 Å². The Balaban J connectivity index is 1.84. The van der Waals surface area contributed by atoms with Crippen LogP contribution in [0.25, 0.3) is 11.1 Å². The van der Waals surface area contributed by atoms with E-state index in [2.05, 4.69) is 10.6 Å². The predicted octanol–water partition coefficient (Wildman–Crippen LogP) is 1.82. The van der Waals surface area contributed by atoms with Gasteiger partial charge in [-0.3, -0.25) is 14.4 Å². The number of benzene rings is 2. The van der Waals surface area contributed by atoms with E-state index in [9.17, 15) is 19.2 Å². The lowest BCUT2D eigenvalue weighted by molar-refractivity contribution is -0.142. The highest BCUT2D eigenvalue weighted by Gasteiger charge is 2.30. The van der Waals surface area contributed by atoms with Crippen LogP contribution in [0.5, 0.6) is 0 Å². The number of aliphatic carboxylic acids is 1. The monoisotopic (exact) mass is 352 g/mol. The number of carboxylic acids is 1. The summed E-state index contributed by atoms with van der Waals surface area (Å²) >= 11 is 0. The van der Waals surface area contributed by atoms with Crippen LogP contribution in [-0.4, -0.2) is 34.7 Å². The fourth-order valence-corrected chi connectivity index (χ4v) is 3.01. The summed E-state index contributed by atoms with van der Waals surface area (Å²) in [6.45, 7) is 1.17. The normalized spacial score (nSPS) is 12.7. The van der Waals surface area contributed by atoms with Gasteiger partial charge in [-0.2, -0.15) is 0 Å². The summed E-state index contributed by atoms with van der Waals surface area (Å²) in [5.74, 6) is -2.65. The van der Waals surface area contributed by atoms with E-state index < -0.39 is 30.2 Å². The van der Waals surface area contributed by atoms with Crippen molar-refractivity contribution in [1.82, 2.24) is 5.32 Å². The Morgan fingerprint density at radius 1 is 1.00 bits per heavy atom. The Bertz CT molecular complexity index is 935. The lowest BCUT2D eigenvalue weighted by Gasteiger charge is -2.14. The molecule has 0 fully saturated rings. The molecule has 0 bridgehead atoms. The van der Waals surface area contributed by atoms with Crippen molar-refractivity contribution in [1.29, 1.82) is 0 Å². The standard InChI is InChI=1S/C19H16N2O5/c1-10(22)20-15(19(25)26)9-16(23)21-14-8-4-7-12-11-5-2-3-6-13(11)18(24)17(12)14/h2-8,15H,9H2,1H3,(H,20,22)(H,21,23)(H,25,26)/t15-/m1/s1. The van der Waals surface area contributed by atoms with E-state index in [0.29, 0.717) is 16.8 Å². The van der Waals surface area contributed by atoms with Crippen LogP contribution >= 0.6 is 0 Å². The minimum atomic E-state index is -1.34. The fourth-order valence-electron chi connectivity index (χ4n) is 3.01. The van der Waals surface area contributed by atoms with Gasteiger partial charge in [-0.25, -0.2) is 4.79 Å². The van der Waals surface area contributed by atoms with Gasteiger partial charge >= 0.3 is 5.97 Å². The van der Waals surface area contributed by atoms with Gasteiger partial charge in [-0.05, 0) is 17.2 Å². The number of amides is 2. The molecule has 7 heteroatoms. The molecular weight excluding hydrogens is 336 g/mol. The summed E-state index contributed by atoms with van der Waals surface area (Å²) in [6.07, 6.45) is -0.445. The van der Waals surface area contributed by atoms with Gasteiger partial charge in [0.2, 0.25) is 11.8 Å². The van der Waals surface area contributed by atoms with Gasteiger partial charge in [-0.1, -0.05) is 36.4 Å². The van der Waals surface area contributed by atoms with Gasteiger partial charge in [0.1, 0.15) is 6.04 Å². The van der Waals surface area contributed by atoms with E-state index in [4.69, 9.17) is 5.11 Å². The first kappa shape index (κ1) is 17.3. The minimum absolute atomic E-state index is 0.192. The van der Waals surface area contributed by atoms with Crippen molar-refractivity contribution in [2.75, 3.05) is 5.32 Å². The van der Waals surface area contributed by atoms with Gasteiger partial charge in [0.15, 0.2) is 5.78 Å². The molecule has 2 aromatic carbocycles. The highest BCUT2D eigenvalue weighted by molar-refractivity contribution is 6.25. The Morgan fingerprint density at radius 3 is 2.31 bits per heavy atom. The summed E-state index contributed by atoms with van der Waals surface area (Å²) in [6, 6.07) is 10.9. The first-order chi connectivity index (χ1) is 12.4. The Morgan fingerprint density at radius 2 is 1.65 bits per heavy atom. The summed E-state index contributed by atoms with van der Waals surface area (Å²) < 4.78 is 0. The third-order valence-electron chi connectivity index (χ3n) is 4.09. The highest BCUT2D eigenvalue weighted by atomic mass is 16.4. The first-order valence-corrected chi connectivity index (χ1v) is 7.95. The lowest BCUT2D eigenvalue weighted by Crippen LogP contribution is -2.42. The molecule has 3 N–H and O–H groups in total. The maximum absolute atomic E-state index is 12.7. The molecule has 132 valence electrons. The maximum Gasteiger partial charge on any atom is 0.326 e. The molecule has 3 rings (SSSR count). The summed E-state index contributed by atoms with van der Waals surface area (Å²) in [5, 5.41) is 13.9. The number of carboxylic acid groups (broad SMARTS) is 1. The third kappa shape index (κ3) is 3.19. The molecule has 0 unspecified atom stereocenters. The molecule has 0 saturated heterocycles. The van der Waals surface area contributed by atoms with Crippen LogP contribution < -0.4 is 10.6 Å². The second kappa shape index (κ2) is 6.79. The van der Waals surface area contributed by atoms with Gasteiger partial charge in [0, 0.05) is 12.5 Å². The molecule has 1 atom stereocenters. The third-order valence-corrected chi connectivity index (χ3v) is 4.09. The fraction of sp³-hybridized carbons (Fsp3) is 0.158. The van der Waals surface area contributed by atoms with Gasteiger partial charge in [-0.15, -0.1) is 0 Å². The van der Waals surface area contributed by atoms with Crippen molar-refractivity contribution in [2.45, 2.75) is 19.4 Å². The molecule has 2 amide bonds. The van der Waals surface area contributed by atoms with E-state index in [1.165, 1.54) is 6.92 Å². The van der Waals surface area contributed by atoms with E-state index in [1.54, 1.807) is 30.3 Å². The van der Waals surface area contributed by atoms with Crippen molar-refractivity contribution in [3.63, 3.8) is 0 Å². The van der Waals surface area contributed by atoms with Gasteiger partial charge in [0.25, 0.3) is 0 Å². The van der Waals surface area contributed by atoms with Crippen LogP contribution in [0.2, 0.25) is 0 Å². The SMILES string of the molecule is CC(=O)N[C@H](CC(=O)Nc1cccc2c1C(=O)c1ccccc1-2)C(=O)O. The molecule has 2 aromatic rings. The molecule has 1 aliphatic rings. The molecule has 0 spiro atoms. The number of hydrogen-bond acceptors (Lipinski definition) is 4. The van der Waals surface area contributed by atoms with E-state index in [-0.39, 0.29) is 5.78 Å². The van der Waals surface area contributed by atoms with E-state index in [0.717, 1.165) is 11.1 Å². The number of carbonyl (C=O) groups is 4. The Hall–Kier alpha value is -3.48. The van der Waals surface area contributed by atoms with Crippen LogP contribution in [0.4, 0.5) is 5.69 Å². The minimum Gasteiger partial charge on any atom is -0.480 e. The van der Waals surface area contributed by atoms with Crippen molar-refractivity contribution in [3.05, 3.63) is 53.6 Å². The number of nitrogens with one attached hydrogen (secondary N) is 2. The zero-order valence-electron chi connectivity index (χ0n) is 13.9. The van der Waals surface area contributed by atoms with Crippen LogP contribution in [0.15, 0.2) is 42.5 Å². The number of fused-ring (bicyclic) bond motifs is 3. The largest absolute Gasteiger partial charge is 0.480 e. The van der Waals surface area contributed by atoms with Crippen LogP contribution in [0.3, 0.4) is 0 Å². The molecule has 0 heterocycles. The molecule has 0 aliphatic heterocycles. The second-order valence-electron chi connectivity index (χ2n) is 5.95. The van der Waals surface area contributed by atoms with Crippen LogP contribution in [0.1, 0.15) is 29.3 Å². The number of anilines is 1. The van der Waals surface area contributed by atoms with Crippen LogP contribution in [0, 0.1) is 0 Å². The highest BCUT2D eigenvalue weighted by Crippen LogP contribution is 2.39. The molecule has 26 heavy (non-hydrogen) atoms. The summed E-state index contributed by atoms with van der Waals surface area (Å²) in [5.41, 5.74) is 2.78. The summed E-state index contributed by atoms with van der Waals surface area (Å²) in [7, 11) is 0. The zero-order chi connectivity index (χ0) is 18.8. The second-order valence-corrected chi connectivity index (χ2v) is 5.95. The quantitative estimate of drug-likeness (QED) is 0.648. The van der Waals surface area contributed by atoms with E-state index in [1.807, 2.05) is 12.1 Å². The molecule has 0 radical (unpaired) electrons. The maximum atomic E-state index is 12.7. The molecule has 1 aliphatic carbocycles. The molecule has 7 nitrogen and oxygen atoms in total. The van der Waals surface area contributed by atoms with Crippen molar-refractivity contribution < 1.29 is 24.3 Å². The Kier molecular flexibility index (Phi) is 4.53. The first-order valence-electron chi connectivity index (χ1n) is 7.95. The van der Waals surface area contributed by atoms with Gasteiger partial charge in [0.05, 0.1) is 17.7 Å². The topological polar surface area (TPSA) is 113 Å². The number of ketones is 1. The Labute approximate surface area is 149 Å². The zero-order valence-corrected chi connectivity index (χ0v) is 13.9. The smallest absolute Gasteiger partial charge is 0.326 e. The molecule has 0 aromatic heterocycles. The van der Waals surface area contributed by atoms with Crippen LogP contribution in [-0.2, 0) is 14.4 Å². The average molecular weight is 352 g/mol. The van der Waals surface area contributed by atoms with Crippen molar-refractivity contribution in [2.24, 2.45) is 0 Å². The lowest BCUT2D eigenvalue weighted by atomic mass is 10.0. The molecular formula is C19H16N2O5.